The van der Waals surface area contributed by atoms with E-state index in [2.05, 4.69) is 16.0 Å². The molecule has 0 aliphatic carbocycles. The molecule has 2 aromatic rings. The van der Waals surface area contributed by atoms with Crippen molar-refractivity contribution in [3.05, 3.63) is 101 Å². The van der Waals surface area contributed by atoms with Gasteiger partial charge in [-0.1, -0.05) is 108 Å². The minimum absolute atomic E-state index is 0.0272. The largest absolute Gasteiger partial charge is 0.489 e. The zero-order valence-electron chi connectivity index (χ0n) is 40.7. The average molecular weight is 914 g/mol. The molecule has 15 nitrogen and oxygen atoms in total. The van der Waals surface area contributed by atoms with E-state index in [4.69, 9.17) is 14.2 Å². The van der Waals surface area contributed by atoms with E-state index >= 15 is 0 Å². The lowest BCUT2D eigenvalue weighted by Crippen LogP contribution is -2.57. The molecule has 0 aromatic heterocycles. The summed E-state index contributed by atoms with van der Waals surface area (Å²) in [6.45, 7) is 17.3. The Labute approximate surface area is 390 Å². The van der Waals surface area contributed by atoms with Crippen molar-refractivity contribution in [2.24, 2.45) is 17.8 Å². The van der Waals surface area contributed by atoms with E-state index < -0.39 is 84.4 Å². The predicted octanol–water partition coefficient (Wildman–Crippen LogP) is 5.62. The van der Waals surface area contributed by atoms with Gasteiger partial charge in [0.2, 0.25) is 23.6 Å². The molecule has 0 saturated heterocycles. The van der Waals surface area contributed by atoms with Crippen LogP contribution < -0.4 is 20.7 Å². The number of esters is 2. The molecule has 1 aliphatic rings. The van der Waals surface area contributed by atoms with Gasteiger partial charge in [-0.3, -0.25) is 24.0 Å². The number of nitrogens with one attached hydrogen (secondary N) is 3. The molecule has 0 fully saturated rings. The van der Waals surface area contributed by atoms with E-state index in [-0.39, 0.29) is 36.2 Å². The Balaban J connectivity index is 2.04. The molecular weight excluding hydrogens is 843 g/mol. The lowest BCUT2D eigenvalue weighted by atomic mass is 9.97. The summed E-state index contributed by atoms with van der Waals surface area (Å²) in [7, 11) is 2.87. The van der Waals surface area contributed by atoms with Crippen LogP contribution >= 0.6 is 0 Å². The third-order valence-corrected chi connectivity index (χ3v) is 11.6. The van der Waals surface area contributed by atoms with Gasteiger partial charge < -0.3 is 40.0 Å². The summed E-state index contributed by atoms with van der Waals surface area (Å²) in [5, 5.41) is 8.15. The SMILES string of the molecule is C/C=C(\C)[C@H]1OC(=O)[C@@H](C)NC(=O)[C@H](C(C)CC)NC(=O)CN(C)C(=O)[C@@H](Cc2ccc(OCc3ccccc3)cc2)N(C)C(=O)[C@H](C)NC(=O)[C@@H](CC(C)C)OC(=O)/C(C)=C/C=C/[C@@H]1C. The number of benzene rings is 2. The first-order valence-electron chi connectivity index (χ1n) is 22.7. The Hall–Kier alpha value is -6.25. The van der Waals surface area contributed by atoms with Crippen LogP contribution in [0.3, 0.4) is 0 Å². The lowest BCUT2D eigenvalue weighted by molar-refractivity contribution is -0.154. The van der Waals surface area contributed by atoms with Gasteiger partial charge in [0.15, 0.2) is 6.10 Å². The standard InChI is InChI=1S/C51H71N5O10/c1-13-32(5)44-47(59)53-37(10)51(63)66-45(33(6)14-2)34(7)19-18-20-35(8)50(62)65-42(27-31(3)4)46(58)52-36(9)48(60)56(12)41(49(61)55(11)29-43(57)54-44)28-38-23-25-40(26-24-38)64-30-39-21-16-15-17-22-39/h14-26,31-32,34,36-37,41-42,44-45H,13,27-30H2,1-12H3,(H,52,58)(H,53,59)(H,54,57)/b19-18+,33-14+,35-20+/t32?,34-,36-,37+,41+,42+,44-,45+/m0/s1. The Kier molecular flexibility index (Phi) is 21.3. The van der Waals surface area contributed by atoms with Crippen LogP contribution in [0.1, 0.15) is 93.2 Å². The van der Waals surface area contributed by atoms with Gasteiger partial charge in [0.05, 0.1) is 6.54 Å². The molecule has 3 rings (SSSR count). The molecule has 66 heavy (non-hydrogen) atoms. The number of allylic oxidation sites excluding steroid dienone is 3. The summed E-state index contributed by atoms with van der Waals surface area (Å²) in [4.78, 5) is 99.0. The van der Waals surface area contributed by atoms with Crippen molar-refractivity contribution < 1.29 is 47.8 Å². The number of carbonyl (C=O) groups is 7. The van der Waals surface area contributed by atoms with Crippen LogP contribution in [0, 0.1) is 17.8 Å². The van der Waals surface area contributed by atoms with E-state index in [9.17, 15) is 33.6 Å². The molecule has 1 unspecified atom stereocenters. The van der Waals surface area contributed by atoms with Gasteiger partial charge in [-0.05, 0) is 81.7 Å². The van der Waals surface area contributed by atoms with Crippen molar-refractivity contribution in [2.45, 2.75) is 131 Å². The highest BCUT2D eigenvalue weighted by Gasteiger charge is 2.36. The molecule has 360 valence electrons. The number of nitrogens with zero attached hydrogens (tertiary/aromatic N) is 2. The predicted molar refractivity (Wildman–Crippen MR) is 252 cm³/mol. The van der Waals surface area contributed by atoms with Crippen molar-refractivity contribution >= 4 is 41.5 Å². The zero-order valence-corrected chi connectivity index (χ0v) is 40.7. The highest BCUT2D eigenvalue weighted by Crippen LogP contribution is 2.21. The summed E-state index contributed by atoms with van der Waals surface area (Å²) in [6.07, 6.45) is 5.48. The fourth-order valence-corrected chi connectivity index (χ4v) is 7.14. The van der Waals surface area contributed by atoms with Crippen LogP contribution in [-0.4, -0.2) is 108 Å². The monoisotopic (exact) mass is 914 g/mol. The van der Waals surface area contributed by atoms with Crippen LogP contribution in [0.15, 0.2) is 90.0 Å². The van der Waals surface area contributed by atoms with E-state index in [1.807, 2.05) is 78.0 Å². The van der Waals surface area contributed by atoms with Crippen molar-refractivity contribution in [2.75, 3.05) is 20.6 Å². The quantitative estimate of drug-likeness (QED) is 0.199. The van der Waals surface area contributed by atoms with Crippen LogP contribution in [0.2, 0.25) is 0 Å². The smallest absolute Gasteiger partial charge is 0.334 e. The Morgan fingerprint density at radius 1 is 0.833 bits per heavy atom. The summed E-state index contributed by atoms with van der Waals surface area (Å²) < 4.78 is 17.6. The number of ether oxygens (including phenoxy) is 3. The van der Waals surface area contributed by atoms with Crippen molar-refractivity contribution in [1.82, 2.24) is 25.8 Å². The topological polar surface area (TPSA) is 190 Å². The van der Waals surface area contributed by atoms with E-state index in [1.165, 1.54) is 43.8 Å². The average Bonchev–Trinajstić information content (AvgIpc) is 3.29. The van der Waals surface area contributed by atoms with Gasteiger partial charge in [0.25, 0.3) is 5.91 Å². The molecule has 0 spiro atoms. The summed E-state index contributed by atoms with van der Waals surface area (Å²) in [5.74, 6) is -4.79. The van der Waals surface area contributed by atoms with E-state index in [0.717, 1.165) is 11.1 Å². The molecule has 0 saturated carbocycles. The maximum atomic E-state index is 14.4. The maximum absolute atomic E-state index is 14.4. The molecular formula is C51H71N5O10. The minimum atomic E-state index is -1.24. The van der Waals surface area contributed by atoms with Crippen LogP contribution in [-0.2, 0) is 56.1 Å². The Morgan fingerprint density at radius 3 is 2.08 bits per heavy atom. The molecule has 3 N–H and O–H groups in total. The highest BCUT2D eigenvalue weighted by atomic mass is 16.6. The van der Waals surface area contributed by atoms with Gasteiger partial charge in [-0.25, -0.2) is 9.59 Å². The third-order valence-electron chi connectivity index (χ3n) is 11.6. The lowest BCUT2D eigenvalue weighted by Gasteiger charge is -2.33. The Bertz CT molecular complexity index is 2080. The Morgan fingerprint density at radius 2 is 1.47 bits per heavy atom. The van der Waals surface area contributed by atoms with Crippen LogP contribution in [0.25, 0.3) is 0 Å². The van der Waals surface area contributed by atoms with E-state index in [0.29, 0.717) is 24.3 Å². The van der Waals surface area contributed by atoms with E-state index in [1.54, 1.807) is 50.3 Å². The number of cyclic esters (lactones) is 2. The molecule has 0 radical (unpaired) electrons. The minimum Gasteiger partial charge on any atom is -0.489 e. The summed E-state index contributed by atoms with van der Waals surface area (Å²) in [6, 6.07) is 12.3. The molecule has 15 heteroatoms. The third kappa shape index (κ3) is 16.3. The fraction of sp³-hybridized carbons (Fsp3) is 0.510. The van der Waals surface area contributed by atoms with Gasteiger partial charge in [-0.2, -0.15) is 0 Å². The van der Waals surface area contributed by atoms with Gasteiger partial charge in [0.1, 0.15) is 42.6 Å². The first-order valence-corrected chi connectivity index (χ1v) is 22.7. The summed E-state index contributed by atoms with van der Waals surface area (Å²) in [5.41, 5.74) is 2.62. The van der Waals surface area contributed by atoms with Gasteiger partial charge >= 0.3 is 11.9 Å². The van der Waals surface area contributed by atoms with Crippen molar-refractivity contribution in [3.8, 4) is 5.75 Å². The molecule has 1 heterocycles. The van der Waals surface area contributed by atoms with Crippen LogP contribution in [0.5, 0.6) is 5.75 Å². The number of likely N-dealkylation sites (N-methyl/N-ethyl adjacent to an activating group) is 2. The van der Waals surface area contributed by atoms with Crippen LogP contribution in [0.4, 0.5) is 0 Å². The fourth-order valence-electron chi connectivity index (χ4n) is 7.14. The number of amides is 5. The first-order chi connectivity index (χ1) is 31.2. The zero-order chi connectivity index (χ0) is 49.2. The van der Waals surface area contributed by atoms with Crippen molar-refractivity contribution in [3.63, 3.8) is 0 Å². The molecule has 1 aliphatic heterocycles. The first kappa shape index (κ1) is 54.1. The number of carbonyl (C=O) groups excluding carboxylic acids is 7. The van der Waals surface area contributed by atoms with Gasteiger partial charge in [0, 0.05) is 32.0 Å². The number of rotatable bonds is 10. The second-order valence-corrected chi connectivity index (χ2v) is 17.7. The normalized spacial score (nSPS) is 26.0. The molecule has 0 bridgehead atoms. The number of hydrogen-bond acceptors (Lipinski definition) is 10. The molecule has 5 amide bonds. The molecule has 2 aromatic carbocycles. The second kappa shape index (κ2) is 26.0. The summed E-state index contributed by atoms with van der Waals surface area (Å²) >= 11 is 0. The van der Waals surface area contributed by atoms with Gasteiger partial charge in [-0.15, -0.1) is 0 Å². The maximum Gasteiger partial charge on any atom is 0.334 e. The highest BCUT2D eigenvalue weighted by molar-refractivity contribution is 5.96. The molecule has 8 atom stereocenters. The second-order valence-electron chi connectivity index (χ2n) is 17.7. The number of hydrogen-bond donors (Lipinski definition) is 3. The van der Waals surface area contributed by atoms with Crippen molar-refractivity contribution in [1.29, 1.82) is 0 Å².